The van der Waals surface area contributed by atoms with Crippen LogP contribution in [0.4, 0.5) is 0 Å². The molecule has 0 amide bonds. The number of halogens is 2. The fourth-order valence-electron chi connectivity index (χ4n) is 1.84. The minimum absolute atomic E-state index is 0.264. The highest BCUT2D eigenvalue weighted by Gasteiger charge is 2.11. The van der Waals surface area contributed by atoms with Crippen LogP contribution in [0.15, 0.2) is 27.1 Å². The summed E-state index contributed by atoms with van der Waals surface area (Å²) in [5, 5.41) is 12.6. The summed E-state index contributed by atoms with van der Waals surface area (Å²) in [4.78, 5) is 2.33. The van der Waals surface area contributed by atoms with Gasteiger partial charge in [0.25, 0.3) is 0 Å². The Hall–Kier alpha value is -0.410. The quantitative estimate of drug-likeness (QED) is 0.773. The average Bonchev–Trinajstić information content (AvgIpc) is 2.42. The van der Waals surface area contributed by atoms with Crippen LogP contribution in [0.2, 0.25) is 0 Å². The molecular formula is C14H19Br2N3. The maximum absolute atomic E-state index is 9.27. The largest absolute Gasteiger partial charge is 0.303 e. The molecule has 19 heavy (non-hydrogen) atoms. The molecular weight excluding hydrogens is 370 g/mol. The third-order valence-corrected chi connectivity index (χ3v) is 4.96. The first-order chi connectivity index (χ1) is 9.12. The summed E-state index contributed by atoms with van der Waals surface area (Å²) in [5.41, 5.74) is 0.983. The molecule has 0 radical (unpaired) electrons. The van der Waals surface area contributed by atoms with Crippen molar-refractivity contribution in [3.63, 3.8) is 0 Å². The van der Waals surface area contributed by atoms with E-state index in [1.807, 2.05) is 18.2 Å². The third-order valence-electron chi connectivity index (χ3n) is 3.08. The van der Waals surface area contributed by atoms with Crippen LogP contribution in [-0.2, 0) is 0 Å². The van der Waals surface area contributed by atoms with Crippen molar-refractivity contribution >= 4 is 31.9 Å². The molecule has 1 N–H and O–H groups in total. The minimum atomic E-state index is -0.264. The van der Waals surface area contributed by atoms with Crippen molar-refractivity contribution in [1.82, 2.24) is 10.2 Å². The summed E-state index contributed by atoms with van der Waals surface area (Å²) < 4.78 is 1.96. The number of hydrogen-bond donors (Lipinski definition) is 1. The highest BCUT2D eigenvalue weighted by molar-refractivity contribution is 9.13. The molecule has 0 bridgehead atoms. The van der Waals surface area contributed by atoms with E-state index in [2.05, 4.69) is 62.0 Å². The minimum Gasteiger partial charge on any atom is -0.303 e. The van der Waals surface area contributed by atoms with Gasteiger partial charge in [-0.25, -0.2) is 0 Å². The van der Waals surface area contributed by atoms with Crippen molar-refractivity contribution in [3.8, 4) is 6.07 Å². The molecule has 0 aromatic heterocycles. The van der Waals surface area contributed by atoms with Gasteiger partial charge in [0.1, 0.15) is 6.04 Å². The Kier molecular flexibility index (Phi) is 7.62. The van der Waals surface area contributed by atoms with E-state index in [4.69, 9.17) is 0 Å². The van der Waals surface area contributed by atoms with E-state index >= 15 is 0 Å². The van der Waals surface area contributed by atoms with Gasteiger partial charge in [-0.3, -0.25) is 5.32 Å². The van der Waals surface area contributed by atoms with Crippen LogP contribution in [0.25, 0.3) is 0 Å². The van der Waals surface area contributed by atoms with Gasteiger partial charge in [0.2, 0.25) is 0 Å². The lowest BCUT2D eigenvalue weighted by molar-refractivity contribution is 0.300. The monoisotopic (exact) mass is 387 g/mol. The molecule has 0 spiro atoms. The van der Waals surface area contributed by atoms with Crippen LogP contribution in [0.1, 0.15) is 25.5 Å². The SMILES string of the molecule is CCN(CC)CCNC(C#N)c1ccc(Br)c(Br)c1. The van der Waals surface area contributed by atoms with Gasteiger partial charge in [0, 0.05) is 22.0 Å². The van der Waals surface area contributed by atoms with Crippen molar-refractivity contribution in [2.75, 3.05) is 26.2 Å². The Morgan fingerprint density at radius 1 is 1.26 bits per heavy atom. The molecule has 3 nitrogen and oxygen atoms in total. The van der Waals surface area contributed by atoms with E-state index in [1.54, 1.807) is 0 Å². The Bertz CT molecular complexity index is 439. The first kappa shape index (κ1) is 16.6. The van der Waals surface area contributed by atoms with E-state index in [-0.39, 0.29) is 6.04 Å². The van der Waals surface area contributed by atoms with Crippen LogP contribution < -0.4 is 5.32 Å². The first-order valence-electron chi connectivity index (χ1n) is 6.42. The van der Waals surface area contributed by atoms with E-state index in [1.165, 1.54) is 0 Å². The van der Waals surface area contributed by atoms with Gasteiger partial charge in [-0.05, 0) is 62.6 Å². The lowest BCUT2D eigenvalue weighted by atomic mass is 10.1. The molecule has 0 aliphatic rings. The second kappa shape index (κ2) is 8.70. The normalized spacial score (nSPS) is 12.4. The van der Waals surface area contributed by atoms with Crippen molar-refractivity contribution in [2.45, 2.75) is 19.9 Å². The first-order valence-corrected chi connectivity index (χ1v) is 8.01. The number of rotatable bonds is 7. The molecule has 104 valence electrons. The smallest absolute Gasteiger partial charge is 0.121 e. The second-order valence-electron chi connectivity index (χ2n) is 4.22. The van der Waals surface area contributed by atoms with E-state index in [9.17, 15) is 5.26 Å². The third kappa shape index (κ3) is 5.23. The van der Waals surface area contributed by atoms with Crippen LogP contribution in [0.3, 0.4) is 0 Å². The van der Waals surface area contributed by atoms with E-state index in [0.29, 0.717) is 0 Å². The van der Waals surface area contributed by atoms with E-state index in [0.717, 1.165) is 40.7 Å². The molecule has 5 heteroatoms. The Labute approximate surface area is 132 Å². The number of nitrogens with zero attached hydrogens (tertiary/aromatic N) is 2. The number of nitrogens with one attached hydrogen (secondary N) is 1. The lowest BCUT2D eigenvalue weighted by Gasteiger charge is -2.19. The molecule has 1 unspecified atom stereocenters. The van der Waals surface area contributed by atoms with Crippen molar-refractivity contribution in [2.24, 2.45) is 0 Å². The summed E-state index contributed by atoms with van der Waals surface area (Å²) in [7, 11) is 0. The zero-order valence-corrected chi connectivity index (χ0v) is 14.5. The maximum Gasteiger partial charge on any atom is 0.121 e. The fourth-order valence-corrected chi connectivity index (χ4v) is 2.48. The highest BCUT2D eigenvalue weighted by atomic mass is 79.9. The van der Waals surface area contributed by atoms with Crippen molar-refractivity contribution < 1.29 is 0 Å². The van der Waals surface area contributed by atoms with Crippen LogP contribution in [0, 0.1) is 11.3 Å². The molecule has 0 heterocycles. The van der Waals surface area contributed by atoms with Gasteiger partial charge in [-0.15, -0.1) is 0 Å². The highest BCUT2D eigenvalue weighted by Crippen LogP contribution is 2.26. The maximum atomic E-state index is 9.27. The van der Waals surface area contributed by atoms with Gasteiger partial charge >= 0.3 is 0 Å². The summed E-state index contributed by atoms with van der Waals surface area (Å²) in [6.45, 7) is 8.16. The van der Waals surface area contributed by atoms with Gasteiger partial charge in [0.15, 0.2) is 0 Å². The van der Waals surface area contributed by atoms with Crippen LogP contribution in [-0.4, -0.2) is 31.1 Å². The molecule has 0 saturated heterocycles. The Morgan fingerprint density at radius 2 is 1.95 bits per heavy atom. The number of nitriles is 1. The molecule has 0 saturated carbocycles. The topological polar surface area (TPSA) is 39.1 Å². The van der Waals surface area contributed by atoms with Crippen LogP contribution >= 0.6 is 31.9 Å². The average molecular weight is 389 g/mol. The fraction of sp³-hybridized carbons (Fsp3) is 0.500. The lowest BCUT2D eigenvalue weighted by Crippen LogP contribution is -2.33. The Morgan fingerprint density at radius 3 is 2.47 bits per heavy atom. The number of likely N-dealkylation sites (N-methyl/N-ethyl adjacent to an activating group) is 1. The van der Waals surface area contributed by atoms with Gasteiger partial charge in [0.05, 0.1) is 6.07 Å². The van der Waals surface area contributed by atoms with Gasteiger partial charge in [-0.1, -0.05) is 19.9 Å². The molecule has 1 aromatic rings. The molecule has 1 aromatic carbocycles. The zero-order valence-electron chi connectivity index (χ0n) is 11.3. The zero-order chi connectivity index (χ0) is 14.3. The van der Waals surface area contributed by atoms with E-state index < -0.39 is 0 Å². The summed E-state index contributed by atoms with van der Waals surface area (Å²) in [5.74, 6) is 0. The molecule has 0 aliphatic heterocycles. The second-order valence-corrected chi connectivity index (χ2v) is 5.93. The van der Waals surface area contributed by atoms with Crippen molar-refractivity contribution in [3.05, 3.63) is 32.7 Å². The van der Waals surface area contributed by atoms with Gasteiger partial charge in [-0.2, -0.15) is 5.26 Å². The molecule has 0 aliphatic carbocycles. The summed E-state index contributed by atoms with van der Waals surface area (Å²) >= 11 is 6.90. The Balaban J connectivity index is 2.59. The summed E-state index contributed by atoms with van der Waals surface area (Å²) in [6, 6.07) is 7.94. The predicted octanol–water partition coefficient (Wildman–Crippen LogP) is 3.71. The molecule has 1 rings (SSSR count). The van der Waals surface area contributed by atoms with Crippen LogP contribution in [0.5, 0.6) is 0 Å². The van der Waals surface area contributed by atoms with Gasteiger partial charge < -0.3 is 4.90 Å². The molecule has 0 fully saturated rings. The number of benzene rings is 1. The predicted molar refractivity (Wildman–Crippen MR) is 86.0 cm³/mol. The molecule has 1 atom stereocenters. The summed E-state index contributed by atoms with van der Waals surface area (Å²) in [6.07, 6.45) is 0. The standard InChI is InChI=1S/C14H19Br2N3/c1-3-19(4-2)8-7-18-14(10-17)11-5-6-12(15)13(16)9-11/h5-6,9,14,18H,3-4,7-8H2,1-2H3. The number of hydrogen-bond acceptors (Lipinski definition) is 3. The van der Waals surface area contributed by atoms with Crippen molar-refractivity contribution in [1.29, 1.82) is 5.26 Å².